The second-order valence-electron chi connectivity index (χ2n) is 10.1. The van der Waals surface area contributed by atoms with E-state index in [1.54, 1.807) is 0 Å². The molecule has 1 aromatic heterocycles. The van der Waals surface area contributed by atoms with Crippen LogP contribution in [0.4, 0.5) is 23.0 Å². The average Bonchev–Trinajstić information content (AvgIpc) is 3.03. The Hall–Kier alpha value is -4.82. The first kappa shape index (κ1) is 26.4. The Bertz CT molecular complexity index is 1590. The molecule has 4 aromatic carbocycles. The number of piperazine rings is 1. The fraction of sp³-hybridized carbons (Fsp3) is 0.212. The maximum atomic E-state index is 12.6. The van der Waals surface area contributed by atoms with Crippen LogP contribution < -0.4 is 9.80 Å². The number of nitrogens with zero attached hydrogens (tertiary/aromatic N) is 6. The molecule has 1 fully saturated rings. The molecule has 8 heteroatoms. The summed E-state index contributed by atoms with van der Waals surface area (Å²) in [7, 11) is 0. The van der Waals surface area contributed by atoms with Gasteiger partial charge in [-0.3, -0.25) is 15.0 Å². The summed E-state index contributed by atoms with van der Waals surface area (Å²) in [6, 6.07) is 35.2. The third kappa shape index (κ3) is 5.21. The molecule has 1 saturated heterocycles. The molecule has 6 rings (SSSR count). The van der Waals surface area contributed by atoms with E-state index in [-0.39, 0.29) is 16.7 Å². The first-order valence-corrected chi connectivity index (χ1v) is 14.0. The van der Waals surface area contributed by atoms with Crippen molar-refractivity contribution in [2.75, 3.05) is 42.5 Å². The molecule has 0 spiro atoms. The zero-order valence-electron chi connectivity index (χ0n) is 23.0. The molecular formula is C33H32N6O2. The lowest BCUT2D eigenvalue weighted by Gasteiger charge is -2.40. The Kier molecular flexibility index (Phi) is 7.56. The second kappa shape index (κ2) is 11.7. The van der Waals surface area contributed by atoms with Crippen molar-refractivity contribution in [3.8, 4) is 0 Å². The Labute approximate surface area is 239 Å². The Morgan fingerprint density at radius 3 is 2.05 bits per heavy atom. The van der Waals surface area contributed by atoms with Crippen LogP contribution >= 0.6 is 0 Å². The van der Waals surface area contributed by atoms with Crippen LogP contribution in [0.1, 0.15) is 24.1 Å². The van der Waals surface area contributed by atoms with Gasteiger partial charge in [0.25, 0.3) is 0 Å². The zero-order valence-corrected chi connectivity index (χ0v) is 23.0. The molecule has 41 heavy (non-hydrogen) atoms. The van der Waals surface area contributed by atoms with Gasteiger partial charge in [0.15, 0.2) is 0 Å². The van der Waals surface area contributed by atoms with Crippen molar-refractivity contribution in [3.05, 3.63) is 131 Å². The molecule has 2 heterocycles. The standard InChI is InChI=1S/C33H32N6O2/c1-2-38(29-19-11-17-25-12-9-10-18-28(25)29)33-31(39(40)41)32(34-24-35-33)37-22-20-36(21-23-37)30(26-13-5-3-6-14-26)27-15-7-4-8-16-27/h3-19,24,30H,2,20-23H2,1H3. The lowest BCUT2D eigenvalue weighted by atomic mass is 9.96. The highest BCUT2D eigenvalue weighted by Crippen LogP contribution is 2.40. The van der Waals surface area contributed by atoms with Gasteiger partial charge in [0.05, 0.1) is 16.7 Å². The Balaban J connectivity index is 1.32. The molecule has 0 saturated carbocycles. The van der Waals surface area contributed by atoms with Crippen molar-refractivity contribution in [1.82, 2.24) is 14.9 Å². The largest absolute Gasteiger partial charge is 0.353 e. The number of nitro groups is 1. The van der Waals surface area contributed by atoms with Crippen molar-refractivity contribution >= 4 is 33.8 Å². The van der Waals surface area contributed by atoms with E-state index in [1.165, 1.54) is 17.5 Å². The predicted octanol–water partition coefficient (Wildman–Crippen LogP) is 6.61. The normalized spacial score (nSPS) is 14.0. The van der Waals surface area contributed by atoms with Crippen LogP contribution in [-0.2, 0) is 0 Å². The van der Waals surface area contributed by atoms with Gasteiger partial charge in [-0.1, -0.05) is 97.1 Å². The van der Waals surface area contributed by atoms with Gasteiger partial charge in [-0.2, -0.15) is 0 Å². The molecule has 1 aliphatic rings. The van der Waals surface area contributed by atoms with E-state index in [1.807, 2.05) is 71.3 Å². The Morgan fingerprint density at radius 2 is 1.41 bits per heavy atom. The van der Waals surface area contributed by atoms with E-state index in [0.29, 0.717) is 31.3 Å². The van der Waals surface area contributed by atoms with Gasteiger partial charge in [0.1, 0.15) is 6.33 Å². The lowest BCUT2D eigenvalue weighted by molar-refractivity contribution is -0.383. The molecule has 5 aromatic rings. The quantitative estimate of drug-likeness (QED) is 0.161. The topological polar surface area (TPSA) is 78.6 Å². The van der Waals surface area contributed by atoms with Gasteiger partial charge in [-0.15, -0.1) is 0 Å². The van der Waals surface area contributed by atoms with Crippen molar-refractivity contribution in [2.24, 2.45) is 0 Å². The van der Waals surface area contributed by atoms with Gasteiger partial charge in [0, 0.05) is 38.1 Å². The second-order valence-corrected chi connectivity index (χ2v) is 10.1. The number of aromatic nitrogens is 2. The molecule has 1 aliphatic heterocycles. The van der Waals surface area contributed by atoms with Crippen LogP contribution in [-0.4, -0.2) is 52.5 Å². The number of rotatable bonds is 8. The summed E-state index contributed by atoms with van der Waals surface area (Å²) in [6.07, 6.45) is 1.45. The number of hydrogen-bond donors (Lipinski definition) is 0. The average molecular weight is 545 g/mol. The van der Waals surface area contributed by atoms with E-state index < -0.39 is 0 Å². The third-order valence-electron chi connectivity index (χ3n) is 7.81. The maximum Gasteiger partial charge on any atom is 0.353 e. The zero-order chi connectivity index (χ0) is 28.2. The third-order valence-corrected chi connectivity index (χ3v) is 7.81. The molecule has 206 valence electrons. The predicted molar refractivity (Wildman–Crippen MR) is 164 cm³/mol. The highest BCUT2D eigenvalue weighted by Gasteiger charge is 2.34. The minimum atomic E-state index is -0.332. The molecule has 0 aliphatic carbocycles. The fourth-order valence-corrected chi connectivity index (χ4v) is 5.91. The van der Waals surface area contributed by atoms with E-state index in [9.17, 15) is 10.1 Å². The van der Waals surface area contributed by atoms with Crippen molar-refractivity contribution < 1.29 is 4.92 Å². The summed E-state index contributed by atoms with van der Waals surface area (Å²) in [4.78, 5) is 27.6. The van der Waals surface area contributed by atoms with Gasteiger partial charge >= 0.3 is 5.69 Å². The van der Waals surface area contributed by atoms with Crippen LogP contribution in [0, 0.1) is 10.1 Å². The molecular weight excluding hydrogens is 512 g/mol. The van der Waals surface area contributed by atoms with E-state index >= 15 is 0 Å². The van der Waals surface area contributed by atoms with E-state index in [2.05, 4.69) is 63.4 Å². The molecule has 0 amide bonds. The Morgan fingerprint density at radius 1 is 0.805 bits per heavy atom. The fourth-order valence-electron chi connectivity index (χ4n) is 5.91. The SMILES string of the molecule is CCN(c1ncnc(N2CCN(C(c3ccccc3)c3ccccc3)CC2)c1[N+](=O)[O-])c1cccc2ccccc12. The molecule has 0 radical (unpaired) electrons. The van der Waals surface area contributed by atoms with Gasteiger partial charge in [-0.25, -0.2) is 9.97 Å². The number of hydrogen-bond acceptors (Lipinski definition) is 7. The summed E-state index contributed by atoms with van der Waals surface area (Å²) in [5.74, 6) is 0.682. The van der Waals surface area contributed by atoms with Crippen molar-refractivity contribution in [2.45, 2.75) is 13.0 Å². The van der Waals surface area contributed by atoms with E-state index in [0.717, 1.165) is 29.5 Å². The summed E-state index contributed by atoms with van der Waals surface area (Å²) in [5, 5.41) is 14.7. The monoisotopic (exact) mass is 544 g/mol. The van der Waals surface area contributed by atoms with Crippen molar-refractivity contribution in [3.63, 3.8) is 0 Å². The van der Waals surface area contributed by atoms with Crippen LogP contribution in [0.3, 0.4) is 0 Å². The number of benzene rings is 4. The van der Waals surface area contributed by atoms with Gasteiger partial charge in [0.2, 0.25) is 11.6 Å². The highest BCUT2D eigenvalue weighted by atomic mass is 16.6. The molecule has 0 atom stereocenters. The van der Waals surface area contributed by atoms with Crippen LogP contribution in [0.5, 0.6) is 0 Å². The lowest BCUT2D eigenvalue weighted by Crippen LogP contribution is -2.48. The molecule has 8 nitrogen and oxygen atoms in total. The van der Waals surface area contributed by atoms with E-state index in [4.69, 9.17) is 0 Å². The molecule has 0 N–H and O–H groups in total. The minimum Gasteiger partial charge on any atom is -0.348 e. The minimum absolute atomic E-state index is 0.0570. The van der Waals surface area contributed by atoms with Crippen molar-refractivity contribution in [1.29, 1.82) is 0 Å². The molecule has 0 unspecified atom stereocenters. The summed E-state index contributed by atoms with van der Waals surface area (Å²) >= 11 is 0. The van der Waals surface area contributed by atoms with Crippen LogP contribution in [0.2, 0.25) is 0 Å². The summed E-state index contributed by atoms with van der Waals surface area (Å²) in [6.45, 7) is 5.23. The number of anilines is 3. The number of fused-ring (bicyclic) bond motifs is 1. The maximum absolute atomic E-state index is 12.6. The smallest absolute Gasteiger partial charge is 0.348 e. The highest BCUT2D eigenvalue weighted by molar-refractivity contribution is 5.96. The van der Waals surface area contributed by atoms with Crippen LogP contribution in [0.25, 0.3) is 10.8 Å². The summed E-state index contributed by atoms with van der Waals surface area (Å²) in [5.41, 5.74) is 3.29. The van der Waals surface area contributed by atoms with Gasteiger partial charge in [-0.05, 0) is 29.5 Å². The van der Waals surface area contributed by atoms with Crippen LogP contribution in [0.15, 0.2) is 109 Å². The first-order chi connectivity index (χ1) is 20.2. The first-order valence-electron chi connectivity index (χ1n) is 14.0. The summed E-state index contributed by atoms with van der Waals surface area (Å²) < 4.78 is 0. The molecule has 0 bridgehead atoms. The van der Waals surface area contributed by atoms with Gasteiger partial charge < -0.3 is 9.80 Å².